The summed E-state index contributed by atoms with van der Waals surface area (Å²) in [5, 5.41) is 8.38. The van der Waals surface area contributed by atoms with Crippen LogP contribution in [0, 0.1) is 25.4 Å². The number of benzene rings is 1. The first-order valence-corrected chi connectivity index (χ1v) is 3.94. The first-order chi connectivity index (χ1) is 6.69. The molecule has 70 valence electrons. The summed E-state index contributed by atoms with van der Waals surface area (Å²) in [4.78, 5) is 13.6. The number of carbonyl (C=O) groups excluding carboxylic acids is 1. The van der Waals surface area contributed by atoms with E-state index in [4.69, 9.17) is 10.00 Å². The van der Waals surface area contributed by atoms with Gasteiger partial charge in [-0.2, -0.15) is 4.99 Å². The van der Waals surface area contributed by atoms with Gasteiger partial charge in [-0.25, -0.2) is 4.79 Å². The third-order valence-electron chi connectivity index (χ3n) is 1.80. The van der Waals surface area contributed by atoms with Crippen molar-refractivity contribution in [3.8, 4) is 12.0 Å². The molecule has 4 heteroatoms. The Bertz CT molecular complexity index is 440. The van der Waals surface area contributed by atoms with Gasteiger partial charge in [-0.1, -0.05) is 0 Å². The van der Waals surface area contributed by atoms with E-state index >= 15 is 0 Å². The van der Waals surface area contributed by atoms with E-state index in [-0.39, 0.29) is 0 Å². The predicted octanol–water partition coefficient (Wildman–Crippen LogP) is 2.13. The van der Waals surface area contributed by atoms with Gasteiger partial charge in [0, 0.05) is 5.56 Å². The summed E-state index contributed by atoms with van der Waals surface area (Å²) in [6, 6.07) is 3.44. The molecule has 1 aromatic rings. The molecule has 0 aliphatic heterocycles. The predicted molar refractivity (Wildman–Crippen MR) is 49.9 cm³/mol. The average molecular weight is 188 g/mol. The van der Waals surface area contributed by atoms with E-state index in [0.717, 1.165) is 5.56 Å². The zero-order chi connectivity index (χ0) is 10.6. The molecule has 14 heavy (non-hydrogen) atoms. The van der Waals surface area contributed by atoms with Crippen molar-refractivity contribution in [1.82, 2.24) is 0 Å². The van der Waals surface area contributed by atoms with Crippen LogP contribution in [-0.2, 0) is 4.79 Å². The number of nitrogens with zero attached hydrogens (tertiary/aromatic N) is 2. The van der Waals surface area contributed by atoms with E-state index in [0.29, 0.717) is 17.0 Å². The molecule has 0 unspecified atom stereocenters. The van der Waals surface area contributed by atoms with Crippen LogP contribution >= 0.6 is 0 Å². The highest BCUT2D eigenvalue weighted by molar-refractivity contribution is 5.59. The Morgan fingerprint density at radius 1 is 1.43 bits per heavy atom. The van der Waals surface area contributed by atoms with Crippen LogP contribution in [0.1, 0.15) is 11.1 Å². The molecule has 0 radical (unpaired) electrons. The van der Waals surface area contributed by atoms with Crippen LogP contribution in [0.3, 0.4) is 0 Å². The van der Waals surface area contributed by atoms with E-state index in [1.165, 1.54) is 6.08 Å². The van der Waals surface area contributed by atoms with Crippen LogP contribution in [0.15, 0.2) is 17.1 Å². The van der Waals surface area contributed by atoms with Crippen molar-refractivity contribution in [3.05, 3.63) is 23.3 Å². The second kappa shape index (κ2) is 4.22. The summed E-state index contributed by atoms with van der Waals surface area (Å²) in [7, 11) is 0. The van der Waals surface area contributed by atoms with E-state index in [1.54, 1.807) is 25.3 Å². The van der Waals surface area contributed by atoms with Gasteiger partial charge >= 0.3 is 0 Å². The van der Waals surface area contributed by atoms with Gasteiger partial charge in [-0.3, -0.25) is 0 Å². The fraction of sp³-hybridized carbons (Fsp3) is 0.200. The monoisotopic (exact) mass is 188 g/mol. The standard InChI is InChI=1S/C10H8N2O2/c1-7-3-9(12-6-13)8(2)10(4-7)14-5-11/h3-4H,1-2H3. The van der Waals surface area contributed by atoms with Gasteiger partial charge in [0.05, 0.1) is 5.69 Å². The molecule has 1 aromatic carbocycles. The lowest BCUT2D eigenvalue weighted by Crippen LogP contribution is -1.88. The van der Waals surface area contributed by atoms with Crippen LogP contribution in [-0.4, -0.2) is 6.08 Å². The van der Waals surface area contributed by atoms with Crippen LogP contribution in [0.5, 0.6) is 5.75 Å². The molecule has 0 aromatic heterocycles. The summed E-state index contributed by atoms with van der Waals surface area (Å²) >= 11 is 0. The maximum Gasteiger partial charge on any atom is 0.292 e. The number of hydrogen-bond acceptors (Lipinski definition) is 4. The summed E-state index contributed by atoms with van der Waals surface area (Å²) in [5.74, 6) is 0.418. The molecule has 0 saturated heterocycles. The summed E-state index contributed by atoms with van der Waals surface area (Å²) in [5.41, 5.74) is 2.00. The third kappa shape index (κ3) is 1.98. The molecule has 0 spiro atoms. The number of isocyanates is 1. The van der Waals surface area contributed by atoms with Gasteiger partial charge in [0.15, 0.2) is 0 Å². The number of ether oxygens (including phenoxy) is 1. The highest BCUT2D eigenvalue weighted by Crippen LogP contribution is 2.29. The fourth-order valence-electron chi connectivity index (χ4n) is 1.13. The quantitative estimate of drug-likeness (QED) is 0.405. The molecule has 0 atom stereocenters. The van der Waals surface area contributed by atoms with Crippen LogP contribution < -0.4 is 4.74 Å². The lowest BCUT2D eigenvalue weighted by atomic mass is 10.1. The number of nitriles is 1. The molecule has 0 heterocycles. The average Bonchev–Trinajstić information content (AvgIpc) is 2.14. The van der Waals surface area contributed by atoms with Crippen molar-refractivity contribution in [2.45, 2.75) is 13.8 Å². The maximum atomic E-state index is 10.1. The molecular weight excluding hydrogens is 180 g/mol. The van der Waals surface area contributed by atoms with Crippen molar-refractivity contribution in [1.29, 1.82) is 5.26 Å². The summed E-state index contributed by atoms with van der Waals surface area (Å²) in [6.07, 6.45) is 3.04. The van der Waals surface area contributed by atoms with E-state index in [9.17, 15) is 4.79 Å². The Morgan fingerprint density at radius 2 is 2.14 bits per heavy atom. The molecule has 0 bridgehead atoms. The van der Waals surface area contributed by atoms with Crippen molar-refractivity contribution in [2.75, 3.05) is 0 Å². The molecule has 4 nitrogen and oxygen atoms in total. The molecular formula is C10H8N2O2. The van der Waals surface area contributed by atoms with Crippen LogP contribution in [0.25, 0.3) is 0 Å². The maximum absolute atomic E-state index is 10.1. The minimum Gasteiger partial charge on any atom is -0.388 e. The largest absolute Gasteiger partial charge is 0.388 e. The number of hydrogen-bond donors (Lipinski definition) is 0. The zero-order valence-electron chi connectivity index (χ0n) is 7.87. The summed E-state index contributed by atoms with van der Waals surface area (Å²) < 4.78 is 4.72. The van der Waals surface area contributed by atoms with E-state index < -0.39 is 0 Å². The third-order valence-corrected chi connectivity index (χ3v) is 1.80. The normalized spacial score (nSPS) is 8.64. The zero-order valence-corrected chi connectivity index (χ0v) is 7.87. The van der Waals surface area contributed by atoms with Gasteiger partial charge in [0.2, 0.25) is 6.08 Å². The van der Waals surface area contributed by atoms with Gasteiger partial charge in [-0.05, 0) is 31.5 Å². The molecule has 0 aliphatic rings. The van der Waals surface area contributed by atoms with Crippen molar-refractivity contribution < 1.29 is 9.53 Å². The minimum absolute atomic E-state index is 0.418. The first kappa shape index (κ1) is 9.97. The molecule has 0 N–H and O–H groups in total. The molecule has 0 saturated carbocycles. The topological polar surface area (TPSA) is 62.4 Å². The summed E-state index contributed by atoms with van der Waals surface area (Å²) in [6.45, 7) is 3.55. The smallest absolute Gasteiger partial charge is 0.292 e. The first-order valence-electron chi connectivity index (χ1n) is 3.94. The van der Waals surface area contributed by atoms with Gasteiger partial charge in [0.1, 0.15) is 5.75 Å². The van der Waals surface area contributed by atoms with Crippen LogP contribution in [0.4, 0.5) is 5.69 Å². The molecule has 0 aliphatic carbocycles. The second-order valence-electron chi connectivity index (χ2n) is 2.80. The number of aryl methyl sites for hydroxylation is 1. The minimum atomic E-state index is 0.418. The van der Waals surface area contributed by atoms with Crippen molar-refractivity contribution in [3.63, 3.8) is 0 Å². The Hall–Kier alpha value is -2.11. The molecule has 0 amide bonds. The molecule has 1 rings (SSSR count). The Kier molecular flexibility index (Phi) is 3.01. The second-order valence-corrected chi connectivity index (χ2v) is 2.80. The number of rotatable bonds is 2. The molecule has 0 fully saturated rings. The lowest BCUT2D eigenvalue weighted by molar-refractivity contribution is 0.503. The highest BCUT2D eigenvalue weighted by atomic mass is 16.5. The van der Waals surface area contributed by atoms with Crippen molar-refractivity contribution >= 4 is 11.8 Å². The Labute approximate surface area is 81.5 Å². The van der Waals surface area contributed by atoms with E-state index in [2.05, 4.69) is 4.99 Å². The fourth-order valence-corrected chi connectivity index (χ4v) is 1.13. The van der Waals surface area contributed by atoms with Crippen molar-refractivity contribution in [2.24, 2.45) is 4.99 Å². The SMILES string of the molecule is Cc1cc(N=C=O)c(C)c(OC#N)c1. The highest BCUT2D eigenvalue weighted by Gasteiger charge is 2.06. The van der Waals surface area contributed by atoms with Gasteiger partial charge in [-0.15, -0.1) is 5.26 Å². The lowest BCUT2D eigenvalue weighted by Gasteiger charge is -2.05. The Morgan fingerprint density at radius 3 is 2.71 bits per heavy atom. The van der Waals surface area contributed by atoms with Gasteiger partial charge < -0.3 is 4.74 Å². The van der Waals surface area contributed by atoms with E-state index in [1.807, 2.05) is 6.92 Å². The van der Waals surface area contributed by atoms with Crippen LogP contribution in [0.2, 0.25) is 0 Å². The number of aliphatic imine (C=N–C) groups is 1. The van der Waals surface area contributed by atoms with Gasteiger partial charge in [0.25, 0.3) is 6.26 Å². The Balaban J connectivity index is 3.32.